The molecule has 0 aromatic heterocycles. The van der Waals surface area contributed by atoms with E-state index in [2.05, 4.69) is 17.2 Å². The zero-order chi connectivity index (χ0) is 15.2. The van der Waals surface area contributed by atoms with Crippen molar-refractivity contribution >= 4 is 0 Å². The summed E-state index contributed by atoms with van der Waals surface area (Å²) in [6.07, 6.45) is -3.61. The Morgan fingerprint density at radius 1 is 1.30 bits per heavy atom. The topological polar surface area (TPSA) is 12.0 Å². The van der Waals surface area contributed by atoms with E-state index in [0.717, 1.165) is 12.5 Å². The highest BCUT2D eigenvalue weighted by atomic mass is 19.4. The SMILES string of the molecule is CC#CCC(NCCC)c1cccc(C(F)(F)F)c1F. The van der Waals surface area contributed by atoms with Gasteiger partial charge in [-0.2, -0.15) is 13.2 Å². The van der Waals surface area contributed by atoms with Crippen LogP contribution in [-0.4, -0.2) is 6.54 Å². The van der Waals surface area contributed by atoms with Gasteiger partial charge in [-0.25, -0.2) is 4.39 Å². The van der Waals surface area contributed by atoms with E-state index in [1.54, 1.807) is 6.92 Å². The van der Waals surface area contributed by atoms with E-state index in [1.807, 2.05) is 6.92 Å². The van der Waals surface area contributed by atoms with Crippen molar-refractivity contribution in [2.24, 2.45) is 0 Å². The molecule has 0 amide bonds. The molecule has 0 spiro atoms. The first-order chi connectivity index (χ1) is 9.41. The van der Waals surface area contributed by atoms with Crippen molar-refractivity contribution in [3.8, 4) is 11.8 Å². The van der Waals surface area contributed by atoms with Gasteiger partial charge in [0.25, 0.3) is 0 Å². The molecule has 0 radical (unpaired) electrons. The maximum absolute atomic E-state index is 14.1. The maximum Gasteiger partial charge on any atom is 0.419 e. The van der Waals surface area contributed by atoms with Crippen molar-refractivity contribution in [2.75, 3.05) is 6.54 Å². The number of hydrogen-bond acceptors (Lipinski definition) is 1. The molecule has 0 aliphatic rings. The van der Waals surface area contributed by atoms with Gasteiger partial charge in [0.2, 0.25) is 0 Å². The normalized spacial score (nSPS) is 12.7. The summed E-state index contributed by atoms with van der Waals surface area (Å²) in [7, 11) is 0. The van der Waals surface area contributed by atoms with Gasteiger partial charge in [-0.3, -0.25) is 0 Å². The standard InChI is InChI=1S/C15H17F4N/c1-3-5-9-13(20-10-4-2)11-7-6-8-12(14(11)16)15(17,18)19/h6-8,13,20H,4,9-10H2,1-2H3. The molecule has 1 unspecified atom stereocenters. The van der Waals surface area contributed by atoms with Crippen LogP contribution in [0.2, 0.25) is 0 Å². The third-order valence-corrected chi connectivity index (χ3v) is 2.83. The third-order valence-electron chi connectivity index (χ3n) is 2.83. The van der Waals surface area contributed by atoms with Crippen LogP contribution >= 0.6 is 0 Å². The number of rotatable bonds is 5. The number of alkyl halides is 3. The second kappa shape index (κ2) is 7.30. The van der Waals surface area contributed by atoms with E-state index < -0.39 is 23.6 Å². The highest BCUT2D eigenvalue weighted by Crippen LogP contribution is 2.34. The van der Waals surface area contributed by atoms with Gasteiger partial charge in [0.15, 0.2) is 0 Å². The Balaban J connectivity index is 3.14. The monoisotopic (exact) mass is 287 g/mol. The molecule has 0 aliphatic carbocycles. The first-order valence-electron chi connectivity index (χ1n) is 6.40. The maximum atomic E-state index is 14.1. The molecular formula is C15H17F4N. The average Bonchev–Trinajstić information content (AvgIpc) is 2.38. The Morgan fingerprint density at radius 2 is 2.00 bits per heavy atom. The van der Waals surface area contributed by atoms with Gasteiger partial charge in [-0.1, -0.05) is 19.1 Å². The Hall–Kier alpha value is -1.54. The summed E-state index contributed by atoms with van der Waals surface area (Å²) < 4.78 is 52.2. The predicted molar refractivity (Wildman–Crippen MR) is 70.5 cm³/mol. The minimum absolute atomic E-state index is 0.0102. The van der Waals surface area contributed by atoms with Crippen LogP contribution in [0.1, 0.15) is 43.9 Å². The van der Waals surface area contributed by atoms with Crippen LogP contribution in [0.4, 0.5) is 17.6 Å². The van der Waals surface area contributed by atoms with E-state index in [0.29, 0.717) is 6.54 Å². The van der Waals surface area contributed by atoms with Crippen LogP contribution in [0.3, 0.4) is 0 Å². The average molecular weight is 287 g/mol. The van der Waals surface area contributed by atoms with E-state index >= 15 is 0 Å². The van der Waals surface area contributed by atoms with E-state index in [4.69, 9.17) is 0 Å². The summed E-state index contributed by atoms with van der Waals surface area (Å²) in [6, 6.07) is 2.81. The number of hydrogen-bond donors (Lipinski definition) is 1. The molecule has 0 heterocycles. The Bertz CT molecular complexity index is 497. The summed E-state index contributed by atoms with van der Waals surface area (Å²) in [4.78, 5) is 0. The molecular weight excluding hydrogens is 270 g/mol. The van der Waals surface area contributed by atoms with Gasteiger partial charge in [0, 0.05) is 18.0 Å². The lowest BCUT2D eigenvalue weighted by atomic mass is 10.00. The van der Waals surface area contributed by atoms with Crippen molar-refractivity contribution < 1.29 is 17.6 Å². The van der Waals surface area contributed by atoms with Gasteiger partial charge in [0.05, 0.1) is 5.56 Å². The second-order valence-electron chi connectivity index (χ2n) is 4.34. The molecule has 20 heavy (non-hydrogen) atoms. The largest absolute Gasteiger partial charge is 0.419 e. The third kappa shape index (κ3) is 4.24. The Kier molecular flexibility index (Phi) is 6.03. The highest BCUT2D eigenvalue weighted by molar-refractivity contribution is 5.31. The first-order valence-corrected chi connectivity index (χ1v) is 6.40. The van der Waals surface area contributed by atoms with Gasteiger partial charge in [-0.05, 0) is 26.0 Å². The number of halogens is 4. The lowest BCUT2D eigenvalue weighted by Crippen LogP contribution is -2.24. The number of nitrogens with one attached hydrogen (secondary N) is 1. The Labute approximate surface area is 116 Å². The van der Waals surface area contributed by atoms with E-state index in [1.165, 1.54) is 12.1 Å². The molecule has 0 aliphatic heterocycles. The van der Waals surface area contributed by atoms with E-state index in [9.17, 15) is 17.6 Å². The highest BCUT2D eigenvalue weighted by Gasteiger charge is 2.35. The summed E-state index contributed by atoms with van der Waals surface area (Å²) in [5, 5.41) is 3.03. The predicted octanol–water partition coefficient (Wildman–Crippen LogP) is 4.30. The van der Waals surface area contributed by atoms with Crippen LogP contribution in [-0.2, 0) is 6.18 Å². The van der Waals surface area contributed by atoms with Crippen LogP contribution in [0.25, 0.3) is 0 Å². The molecule has 0 saturated heterocycles. The van der Waals surface area contributed by atoms with Crippen molar-refractivity contribution in [1.82, 2.24) is 5.32 Å². The van der Waals surface area contributed by atoms with E-state index in [-0.39, 0.29) is 12.0 Å². The zero-order valence-electron chi connectivity index (χ0n) is 11.4. The van der Waals surface area contributed by atoms with Crippen molar-refractivity contribution in [3.05, 3.63) is 35.1 Å². The lowest BCUT2D eigenvalue weighted by molar-refractivity contribution is -0.140. The van der Waals surface area contributed by atoms with Crippen LogP contribution in [0.15, 0.2) is 18.2 Å². The summed E-state index contributed by atoms with van der Waals surface area (Å²) >= 11 is 0. The minimum Gasteiger partial charge on any atom is -0.309 e. The smallest absolute Gasteiger partial charge is 0.309 e. The Morgan fingerprint density at radius 3 is 2.55 bits per heavy atom. The minimum atomic E-state index is -4.69. The zero-order valence-corrected chi connectivity index (χ0v) is 11.4. The molecule has 1 atom stereocenters. The number of benzene rings is 1. The molecule has 1 rings (SSSR count). The van der Waals surface area contributed by atoms with Gasteiger partial charge in [-0.15, -0.1) is 11.8 Å². The van der Waals surface area contributed by atoms with Crippen LogP contribution in [0, 0.1) is 17.7 Å². The molecule has 0 bridgehead atoms. The molecule has 0 fully saturated rings. The second-order valence-corrected chi connectivity index (χ2v) is 4.34. The summed E-state index contributed by atoms with van der Waals surface area (Å²) in [5.74, 6) is 4.24. The van der Waals surface area contributed by atoms with Crippen LogP contribution < -0.4 is 5.32 Å². The molecule has 1 aromatic carbocycles. The van der Waals surface area contributed by atoms with Gasteiger partial charge in [0.1, 0.15) is 5.82 Å². The summed E-state index contributed by atoms with van der Waals surface area (Å²) in [5.41, 5.74) is -1.22. The molecule has 0 saturated carbocycles. The van der Waals surface area contributed by atoms with Crippen molar-refractivity contribution in [3.63, 3.8) is 0 Å². The van der Waals surface area contributed by atoms with Crippen molar-refractivity contribution in [2.45, 2.75) is 38.9 Å². The molecule has 1 N–H and O–H groups in total. The quantitative estimate of drug-likeness (QED) is 0.629. The first kappa shape index (κ1) is 16.5. The fourth-order valence-corrected chi connectivity index (χ4v) is 1.85. The van der Waals surface area contributed by atoms with Gasteiger partial charge >= 0.3 is 6.18 Å². The summed E-state index contributed by atoms with van der Waals surface area (Å²) in [6.45, 7) is 4.16. The van der Waals surface area contributed by atoms with Crippen molar-refractivity contribution in [1.29, 1.82) is 0 Å². The molecule has 1 nitrogen and oxygen atoms in total. The molecule has 110 valence electrons. The molecule has 1 aromatic rings. The lowest BCUT2D eigenvalue weighted by Gasteiger charge is -2.19. The fourth-order valence-electron chi connectivity index (χ4n) is 1.85. The van der Waals surface area contributed by atoms with Crippen LogP contribution in [0.5, 0.6) is 0 Å². The van der Waals surface area contributed by atoms with Gasteiger partial charge < -0.3 is 5.32 Å². The molecule has 5 heteroatoms. The fraction of sp³-hybridized carbons (Fsp3) is 0.467.